The van der Waals surface area contributed by atoms with E-state index in [1.807, 2.05) is 18.2 Å². The van der Waals surface area contributed by atoms with E-state index >= 15 is 0 Å². The molecule has 144 valence electrons. The average Bonchev–Trinajstić information content (AvgIpc) is 2.68. The molecule has 1 aliphatic heterocycles. The summed E-state index contributed by atoms with van der Waals surface area (Å²) >= 11 is 0. The second-order valence-electron chi connectivity index (χ2n) is 6.65. The lowest BCUT2D eigenvalue weighted by molar-refractivity contribution is -0.0276. The Bertz CT molecular complexity index is 867. The van der Waals surface area contributed by atoms with Crippen LogP contribution in [0.4, 0.5) is 0 Å². The topological polar surface area (TPSA) is 75.7 Å². The summed E-state index contributed by atoms with van der Waals surface area (Å²) in [5.74, 6) is -0.0963. The van der Waals surface area contributed by atoms with Crippen molar-refractivity contribution in [1.82, 2.24) is 9.62 Å². The molecule has 1 unspecified atom stereocenters. The Hall–Kier alpha value is -2.06. The predicted octanol–water partition coefficient (Wildman–Crippen LogP) is 2.07. The third kappa shape index (κ3) is 5.46. The number of nitrogens with one attached hydrogen (secondary N) is 1. The van der Waals surface area contributed by atoms with Gasteiger partial charge in [-0.05, 0) is 24.6 Å². The van der Waals surface area contributed by atoms with Crippen LogP contribution in [0.2, 0.25) is 0 Å². The van der Waals surface area contributed by atoms with Crippen molar-refractivity contribution in [3.63, 3.8) is 0 Å². The summed E-state index contributed by atoms with van der Waals surface area (Å²) in [6, 6.07) is 16.1. The van der Waals surface area contributed by atoms with Gasteiger partial charge >= 0.3 is 0 Å². The summed E-state index contributed by atoms with van der Waals surface area (Å²) in [6.45, 7) is 4.54. The Morgan fingerprint density at radius 2 is 1.85 bits per heavy atom. The molecule has 0 saturated carbocycles. The molecule has 1 fully saturated rings. The van der Waals surface area contributed by atoms with Gasteiger partial charge in [-0.1, -0.05) is 42.5 Å². The fourth-order valence-electron chi connectivity index (χ4n) is 3.04. The molecule has 1 saturated heterocycles. The zero-order valence-corrected chi connectivity index (χ0v) is 16.1. The first kappa shape index (κ1) is 19.7. The molecule has 7 heteroatoms. The molecule has 0 spiro atoms. The molecule has 0 aromatic heterocycles. The van der Waals surface area contributed by atoms with E-state index in [0.717, 1.165) is 13.1 Å². The molecule has 0 amide bonds. The van der Waals surface area contributed by atoms with Crippen LogP contribution in [-0.4, -0.2) is 51.4 Å². The number of ether oxygens (including phenoxy) is 1. The third-order valence-corrected chi connectivity index (χ3v) is 5.98. The Labute approximate surface area is 160 Å². The lowest BCUT2D eigenvalue weighted by Crippen LogP contribution is -2.47. The lowest BCUT2D eigenvalue weighted by Gasteiger charge is -2.33. The summed E-state index contributed by atoms with van der Waals surface area (Å²) in [5.41, 5.74) is 1.71. The van der Waals surface area contributed by atoms with Crippen molar-refractivity contribution in [3.05, 3.63) is 65.7 Å². The number of carbonyl (C=O) groups excluding carboxylic acids is 1. The number of morpholine rings is 1. The Morgan fingerprint density at radius 3 is 2.52 bits per heavy atom. The molecule has 1 heterocycles. The molecule has 1 aliphatic rings. The zero-order valence-electron chi connectivity index (χ0n) is 15.3. The lowest BCUT2D eigenvalue weighted by atomic mass is 10.2. The van der Waals surface area contributed by atoms with E-state index in [2.05, 4.69) is 21.8 Å². The van der Waals surface area contributed by atoms with Crippen LogP contribution in [0.1, 0.15) is 22.8 Å². The first-order valence-corrected chi connectivity index (χ1v) is 10.4. The summed E-state index contributed by atoms with van der Waals surface area (Å²) in [5, 5.41) is 0. The van der Waals surface area contributed by atoms with Gasteiger partial charge < -0.3 is 4.74 Å². The van der Waals surface area contributed by atoms with Crippen LogP contribution in [0.3, 0.4) is 0 Å². The molecule has 2 aromatic rings. The Balaban J connectivity index is 1.56. The van der Waals surface area contributed by atoms with Crippen molar-refractivity contribution in [2.75, 3.05) is 26.2 Å². The first-order valence-electron chi connectivity index (χ1n) is 8.92. The van der Waals surface area contributed by atoms with E-state index in [4.69, 9.17) is 4.74 Å². The molecular formula is C20H24N2O4S. The standard InChI is InChI=1S/C20H24N2O4S/c1-16(23)18-7-9-20(10-8-18)27(24,25)21-13-19-15-22(11-12-26-19)14-17-5-3-2-4-6-17/h2-10,19,21H,11-15H2,1H3. The molecule has 1 N–H and O–H groups in total. The van der Waals surface area contributed by atoms with Crippen LogP contribution >= 0.6 is 0 Å². The Morgan fingerprint density at radius 1 is 1.15 bits per heavy atom. The van der Waals surface area contributed by atoms with Gasteiger partial charge in [0.05, 0.1) is 17.6 Å². The van der Waals surface area contributed by atoms with Gasteiger partial charge in [-0.15, -0.1) is 0 Å². The number of hydrogen-bond donors (Lipinski definition) is 1. The molecule has 6 nitrogen and oxygen atoms in total. The minimum Gasteiger partial charge on any atom is -0.374 e. The number of benzene rings is 2. The number of rotatable bonds is 7. The number of hydrogen-bond acceptors (Lipinski definition) is 5. The second-order valence-corrected chi connectivity index (χ2v) is 8.41. The zero-order chi connectivity index (χ0) is 19.3. The van der Waals surface area contributed by atoms with Gasteiger partial charge in [0, 0.05) is 31.7 Å². The number of carbonyl (C=O) groups is 1. The van der Waals surface area contributed by atoms with Gasteiger partial charge in [0.25, 0.3) is 0 Å². The smallest absolute Gasteiger partial charge is 0.240 e. The van der Waals surface area contributed by atoms with Crippen molar-refractivity contribution < 1.29 is 17.9 Å². The van der Waals surface area contributed by atoms with E-state index in [0.29, 0.717) is 18.7 Å². The molecule has 0 radical (unpaired) electrons. The number of nitrogens with zero attached hydrogens (tertiary/aromatic N) is 1. The van der Waals surface area contributed by atoms with Crippen molar-refractivity contribution in [1.29, 1.82) is 0 Å². The Kier molecular flexibility index (Phi) is 6.38. The highest BCUT2D eigenvalue weighted by atomic mass is 32.2. The third-order valence-electron chi connectivity index (χ3n) is 4.54. The van der Waals surface area contributed by atoms with Crippen LogP contribution in [0.25, 0.3) is 0 Å². The fraction of sp³-hybridized carbons (Fsp3) is 0.350. The average molecular weight is 388 g/mol. The van der Waals surface area contributed by atoms with Crippen LogP contribution < -0.4 is 4.72 Å². The highest BCUT2D eigenvalue weighted by Crippen LogP contribution is 2.13. The number of sulfonamides is 1. The normalized spacial score (nSPS) is 18.3. The maximum Gasteiger partial charge on any atom is 0.240 e. The van der Waals surface area contributed by atoms with Gasteiger partial charge in [-0.25, -0.2) is 13.1 Å². The van der Waals surface area contributed by atoms with Crippen LogP contribution in [0.5, 0.6) is 0 Å². The van der Waals surface area contributed by atoms with E-state index < -0.39 is 10.0 Å². The monoisotopic (exact) mass is 388 g/mol. The van der Waals surface area contributed by atoms with Crippen molar-refractivity contribution in [3.8, 4) is 0 Å². The van der Waals surface area contributed by atoms with E-state index in [9.17, 15) is 13.2 Å². The minimum atomic E-state index is -3.64. The van der Waals surface area contributed by atoms with Crippen molar-refractivity contribution in [2.45, 2.75) is 24.5 Å². The number of Topliss-reactive ketones (excluding diaryl/α,β-unsaturated/α-hetero) is 1. The van der Waals surface area contributed by atoms with Crippen molar-refractivity contribution >= 4 is 15.8 Å². The molecule has 0 aliphatic carbocycles. The largest absolute Gasteiger partial charge is 0.374 e. The minimum absolute atomic E-state index is 0.0963. The van der Waals surface area contributed by atoms with Crippen LogP contribution in [0.15, 0.2) is 59.5 Å². The van der Waals surface area contributed by atoms with Gasteiger partial charge in [-0.2, -0.15) is 0 Å². The highest BCUT2D eigenvalue weighted by molar-refractivity contribution is 7.89. The van der Waals surface area contributed by atoms with Gasteiger partial charge in [0.15, 0.2) is 5.78 Å². The first-order chi connectivity index (χ1) is 12.9. The quantitative estimate of drug-likeness (QED) is 0.735. The van der Waals surface area contributed by atoms with Gasteiger partial charge in [0.2, 0.25) is 10.0 Å². The fourth-order valence-corrected chi connectivity index (χ4v) is 4.11. The summed E-state index contributed by atoms with van der Waals surface area (Å²) in [6.07, 6.45) is -0.200. The van der Waals surface area contributed by atoms with E-state index in [-0.39, 0.29) is 23.3 Å². The summed E-state index contributed by atoms with van der Waals surface area (Å²) in [7, 11) is -3.64. The van der Waals surface area contributed by atoms with Gasteiger partial charge in [0.1, 0.15) is 0 Å². The number of ketones is 1. The molecule has 3 rings (SSSR count). The summed E-state index contributed by atoms with van der Waals surface area (Å²) in [4.78, 5) is 13.7. The van der Waals surface area contributed by atoms with Crippen molar-refractivity contribution in [2.24, 2.45) is 0 Å². The van der Waals surface area contributed by atoms with Crippen LogP contribution in [-0.2, 0) is 21.3 Å². The van der Waals surface area contributed by atoms with E-state index in [1.165, 1.54) is 36.8 Å². The highest BCUT2D eigenvalue weighted by Gasteiger charge is 2.23. The van der Waals surface area contributed by atoms with Gasteiger partial charge in [-0.3, -0.25) is 9.69 Å². The molecular weight excluding hydrogens is 364 g/mol. The predicted molar refractivity (Wildman–Crippen MR) is 103 cm³/mol. The SMILES string of the molecule is CC(=O)c1ccc(S(=O)(=O)NCC2CN(Cc3ccccc3)CCO2)cc1. The maximum atomic E-state index is 12.5. The maximum absolute atomic E-state index is 12.5. The molecule has 2 aromatic carbocycles. The van der Waals surface area contributed by atoms with E-state index in [1.54, 1.807) is 0 Å². The molecule has 1 atom stereocenters. The molecule has 27 heavy (non-hydrogen) atoms. The second kappa shape index (κ2) is 8.75. The summed E-state index contributed by atoms with van der Waals surface area (Å²) < 4.78 is 33.3. The molecule has 0 bridgehead atoms. The van der Waals surface area contributed by atoms with Crippen LogP contribution in [0, 0.1) is 0 Å².